The van der Waals surface area contributed by atoms with E-state index < -0.39 is 0 Å². The van der Waals surface area contributed by atoms with Crippen LogP contribution in [0.25, 0.3) is 0 Å². The van der Waals surface area contributed by atoms with E-state index in [9.17, 15) is 4.79 Å². The Kier molecular flexibility index (Phi) is 9.88. The molecule has 1 aromatic heterocycles. The van der Waals surface area contributed by atoms with E-state index in [1.165, 1.54) is 44.9 Å². The Morgan fingerprint density at radius 3 is 2.33 bits per heavy atom. The van der Waals surface area contributed by atoms with Crippen LogP contribution in [0.5, 0.6) is 0 Å². The average Bonchev–Trinajstić information content (AvgIpc) is 2.45. The fourth-order valence-electron chi connectivity index (χ4n) is 2.30. The van der Waals surface area contributed by atoms with Crippen molar-refractivity contribution in [2.75, 3.05) is 5.32 Å². The molecule has 0 atom stereocenters. The molecule has 0 aliphatic heterocycles. The van der Waals surface area contributed by atoms with E-state index >= 15 is 0 Å². The molecule has 4 heteroatoms. The summed E-state index contributed by atoms with van der Waals surface area (Å²) in [4.78, 5) is 15.6. The molecule has 0 bridgehead atoms. The van der Waals surface area contributed by atoms with E-state index in [1.807, 2.05) is 0 Å². The molecule has 0 radical (unpaired) electrons. The number of carbonyl (C=O) groups is 1. The predicted octanol–water partition coefficient (Wildman–Crippen LogP) is 5.59. The van der Waals surface area contributed by atoms with Gasteiger partial charge in [-0.25, -0.2) is 4.98 Å². The number of nitrogens with zero attached hydrogens (tertiary/aromatic N) is 1. The molecule has 118 valence electrons. The van der Waals surface area contributed by atoms with Crippen molar-refractivity contribution >= 4 is 23.2 Å². The fraction of sp³-hybridized carbons (Fsp3) is 0.647. The van der Waals surface area contributed by atoms with Crippen LogP contribution in [0.1, 0.15) is 71.1 Å². The minimum Gasteiger partial charge on any atom is -0.326 e. The third-order valence-electron chi connectivity index (χ3n) is 3.52. The smallest absolute Gasteiger partial charge is 0.224 e. The second-order valence-electron chi connectivity index (χ2n) is 5.49. The van der Waals surface area contributed by atoms with Crippen molar-refractivity contribution in [1.29, 1.82) is 0 Å². The molecule has 1 rings (SSSR count). The van der Waals surface area contributed by atoms with Gasteiger partial charge in [0.2, 0.25) is 5.91 Å². The molecular formula is C17H27ClN2O. The highest BCUT2D eigenvalue weighted by Crippen LogP contribution is 2.14. The van der Waals surface area contributed by atoms with E-state index in [0.29, 0.717) is 11.6 Å². The van der Waals surface area contributed by atoms with Crippen LogP contribution in [0.2, 0.25) is 5.15 Å². The number of nitrogens with one attached hydrogen (secondary N) is 1. The van der Waals surface area contributed by atoms with Crippen molar-refractivity contribution in [2.45, 2.75) is 71.1 Å². The molecule has 0 aromatic carbocycles. The quantitative estimate of drug-likeness (QED) is 0.427. The lowest BCUT2D eigenvalue weighted by molar-refractivity contribution is -0.116. The number of rotatable bonds is 11. The molecule has 0 spiro atoms. The minimum atomic E-state index is 0.0558. The van der Waals surface area contributed by atoms with Gasteiger partial charge in [-0.15, -0.1) is 0 Å². The van der Waals surface area contributed by atoms with Gasteiger partial charge in [0.05, 0.1) is 0 Å². The van der Waals surface area contributed by atoms with Crippen molar-refractivity contribution in [3.05, 3.63) is 23.5 Å². The normalized spacial score (nSPS) is 10.6. The summed E-state index contributed by atoms with van der Waals surface area (Å²) in [5.41, 5.74) is 0.718. The maximum absolute atomic E-state index is 11.8. The lowest BCUT2D eigenvalue weighted by Crippen LogP contribution is -2.11. The van der Waals surface area contributed by atoms with Crippen LogP contribution in [-0.4, -0.2) is 10.9 Å². The van der Waals surface area contributed by atoms with Gasteiger partial charge in [0.25, 0.3) is 0 Å². The predicted molar refractivity (Wildman–Crippen MR) is 89.7 cm³/mol. The van der Waals surface area contributed by atoms with E-state index in [2.05, 4.69) is 17.2 Å². The van der Waals surface area contributed by atoms with Crippen molar-refractivity contribution in [1.82, 2.24) is 4.98 Å². The maximum atomic E-state index is 11.8. The van der Waals surface area contributed by atoms with Crippen LogP contribution in [0.15, 0.2) is 18.3 Å². The number of aromatic nitrogens is 1. The Balaban J connectivity index is 1.99. The molecule has 1 heterocycles. The van der Waals surface area contributed by atoms with Crippen molar-refractivity contribution in [3.63, 3.8) is 0 Å². The lowest BCUT2D eigenvalue weighted by Gasteiger charge is -2.05. The second-order valence-corrected chi connectivity index (χ2v) is 5.88. The van der Waals surface area contributed by atoms with Gasteiger partial charge in [0, 0.05) is 18.3 Å². The first-order valence-electron chi connectivity index (χ1n) is 8.13. The molecule has 1 amide bonds. The Labute approximate surface area is 133 Å². The first-order valence-corrected chi connectivity index (χ1v) is 8.51. The van der Waals surface area contributed by atoms with Crippen LogP contribution in [-0.2, 0) is 4.79 Å². The number of hydrogen-bond acceptors (Lipinski definition) is 2. The van der Waals surface area contributed by atoms with E-state index in [-0.39, 0.29) is 5.91 Å². The molecule has 1 aromatic rings. The summed E-state index contributed by atoms with van der Waals surface area (Å²) >= 11 is 5.77. The highest BCUT2D eigenvalue weighted by atomic mass is 35.5. The van der Waals surface area contributed by atoms with Gasteiger partial charge in [-0.1, -0.05) is 69.9 Å². The summed E-state index contributed by atoms with van der Waals surface area (Å²) in [5, 5.41) is 3.24. The zero-order valence-corrected chi connectivity index (χ0v) is 13.8. The highest BCUT2D eigenvalue weighted by molar-refractivity contribution is 6.29. The zero-order valence-electron chi connectivity index (χ0n) is 13.0. The maximum Gasteiger partial charge on any atom is 0.224 e. The molecule has 0 fully saturated rings. The monoisotopic (exact) mass is 310 g/mol. The number of carbonyl (C=O) groups excluding carboxylic acids is 1. The number of unbranched alkanes of at least 4 members (excludes halogenated alkanes) is 8. The number of hydrogen-bond donors (Lipinski definition) is 1. The van der Waals surface area contributed by atoms with Crippen LogP contribution in [0, 0.1) is 0 Å². The summed E-state index contributed by atoms with van der Waals surface area (Å²) in [6, 6.07) is 3.41. The summed E-state index contributed by atoms with van der Waals surface area (Å²) in [6.45, 7) is 2.24. The van der Waals surface area contributed by atoms with Gasteiger partial charge in [0.15, 0.2) is 0 Å². The Bertz CT molecular complexity index is 410. The highest BCUT2D eigenvalue weighted by Gasteiger charge is 2.03. The van der Waals surface area contributed by atoms with Gasteiger partial charge in [-0.05, 0) is 18.6 Å². The third kappa shape index (κ3) is 9.46. The summed E-state index contributed by atoms with van der Waals surface area (Å²) in [7, 11) is 0. The van der Waals surface area contributed by atoms with Crippen molar-refractivity contribution in [2.24, 2.45) is 0 Å². The first-order chi connectivity index (χ1) is 10.2. The summed E-state index contributed by atoms with van der Waals surface area (Å²) in [5.74, 6) is 0.0558. The van der Waals surface area contributed by atoms with Crippen LogP contribution in [0.4, 0.5) is 5.69 Å². The Morgan fingerprint density at radius 2 is 1.71 bits per heavy atom. The SMILES string of the molecule is CCCCCCCCCCCC(=O)Nc1ccnc(Cl)c1. The summed E-state index contributed by atoms with van der Waals surface area (Å²) in [6.07, 6.45) is 13.5. The molecule has 21 heavy (non-hydrogen) atoms. The van der Waals surface area contributed by atoms with E-state index in [4.69, 9.17) is 11.6 Å². The second kappa shape index (κ2) is 11.6. The van der Waals surface area contributed by atoms with Crippen LogP contribution in [0.3, 0.4) is 0 Å². The van der Waals surface area contributed by atoms with Gasteiger partial charge < -0.3 is 5.32 Å². The van der Waals surface area contributed by atoms with Crippen molar-refractivity contribution < 1.29 is 4.79 Å². The van der Waals surface area contributed by atoms with Crippen LogP contribution < -0.4 is 5.32 Å². The third-order valence-corrected chi connectivity index (χ3v) is 3.72. The average molecular weight is 311 g/mol. The number of anilines is 1. The van der Waals surface area contributed by atoms with Crippen LogP contribution >= 0.6 is 11.6 Å². The standard InChI is InChI=1S/C17H27ClN2O/c1-2-3-4-5-6-7-8-9-10-11-17(21)20-15-12-13-19-16(18)14-15/h12-14H,2-11H2,1H3,(H,19,20,21). The number of amides is 1. The van der Waals surface area contributed by atoms with Gasteiger partial charge in [0.1, 0.15) is 5.15 Å². The molecule has 0 saturated heterocycles. The molecule has 0 saturated carbocycles. The van der Waals surface area contributed by atoms with Gasteiger partial charge >= 0.3 is 0 Å². The van der Waals surface area contributed by atoms with Gasteiger partial charge in [-0.3, -0.25) is 4.79 Å². The number of pyridine rings is 1. The minimum absolute atomic E-state index is 0.0558. The lowest BCUT2D eigenvalue weighted by atomic mass is 10.1. The van der Waals surface area contributed by atoms with Gasteiger partial charge in [-0.2, -0.15) is 0 Å². The molecule has 0 aliphatic carbocycles. The van der Waals surface area contributed by atoms with Crippen molar-refractivity contribution in [3.8, 4) is 0 Å². The molecule has 1 N–H and O–H groups in total. The molecule has 0 unspecified atom stereocenters. The Morgan fingerprint density at radius 1 is 1.10 bits per heavy atom. The fourth-order valence-corrected chi connectivity index (χ4v) is 2.47. The summed E-state index contributed by atoms with van der Waals surface area (Å²) < 4.78 is 0. The molecule has 0 aliphatic rings. The zero-order chi connectivity index (χ0) is 15.3. The topological polar surface area (TPSA) is 42.0 Å². The first kappa shape index (κ1) is 18.0. The molecule has 3 nitrogen and oxygen atoms in total. The Hall–Kier alpha value is -1.09. The molecular weight excluding hydrogens is 284 g/mol. The van der Waals surface area contributed by atoms with E-state index in [1.54, 1.807) is 18.3 Å². The number of halogens is 1. The largest absolute Gasteiger partial charge is 0.326 e. The van der Waals surface area contributed by atoms with E-state index in [0.717, 1.165) is 18.5 Å².